The standard InChI is InChI=1S/C13H14BrFN2O2/c1-17-12(14)10(5-6-18)16-13(17)9-7-8(15)3-4-11(9)19-2/h3-4,7,18H,5-6H2,1-2H3. The van der Waals surface area contributed by atoms with Crippen LogP contribution in [0, 0.1) is 5.82 Å². The van der Waals surface area contributed by atoms with Gasteiger partial charge >= 0.3 is 0 Å². The zero-order valence-corrected chi connectivity index (χ0v) is 12.2. The van der Waals surface area contributed by atoms with Crippen LogP contribution in [-0.4, -0.2) is 28.4 Å². The first-order valence-electron chi connectivity index (χ1n) is 5.74. The third kappa shape index (κ3) is 2.64. The molecule has 0 bridgehead atoms. The van der Waals surface area contributed by atoms with Gasteiger partial charge in [0.2, 0.25) is 0 Å². The lowest BCUT2D eigenvalue weighted by Crippen LogP contribution is -1.96. The van der Waals surface area contributed by atoms with Crippen LogP contribution in [0.5, 0.6) is 5.75 Å². The Balaban J connectivity index is 2.58. The first-order chi connectivity index (χ1) is 9.08. The molecule has 0 atom stereocenters. The minimum Gasteiger partial charge on any atom is -0.496 e. The van der Waals surface area contributed by atoms with Crippen LogP contribution in [0.4, 0.5) is 4.39 Å². The third-order valence-electron chi connectivity index (χ3n) is 2.84. The first-order valence-corrected chi connectivity index (χ1v) is 6.53. The first kappa shape index (κ1) is 14.0. The number of rotatable bonds is 4. The minimum atomic E-state index is -0.348. The predicted molar refractivity (Wildman–Crippen MR) is 73.6 cm³/mol. The van der Waals surface area contributed by atoms with Crippen molar-refractivity contribution in [2.24, 2.45) is 7.05 Å². The van der Waals surface area contributed by atoms with Gasteiger partial charge in [-0.15, -0.1) is 0 Å². The Morgan fingerprint density at radius 2 is 2.21 bits per heavy atom. The van der Waals surface area contributed by atoms with E-state index in [1.165, 1.54) is 19.2 Å². The van der Waals surface area contributed by atoms with Crippen LogP contribution >= 0.6 is 15.9 Å². The number of ether oxygens (including phenoxy) is 1. The summed E-state index contributed by atoms with van der Waals surface area (Å²) >= 11 is 3.42. The summed E-state index contributed by atoms with van der Waals surface area (Å²) in [5.41, 5.74) is 1.31. The molecule has 0 saturated heterocycles. The summed E-state index contributed by atoms with van der Waals surface area (Å²) in [6.07, 6.45) is 0.437. The lowest BCUT2D eigenvalue weighted by Gasteiger charge is -2.08. The van der Waals surface area contributed by atoms with E-state index in [1.807, 2.05) is 7.05 Å². The normalized spacial score (nSPS) is 10.8. The van der Waals surface area contributed by atoms with Crippen LogP contribution in [0.2, 0.25) is 0 Å². The summed E-state index contributed by atoms with van der Waals surface area (Å²) in [6.45, 7) is 0.00926. The summed E-state index contributed by atoms with van der Waals surface area (Å²) in [6, 6.07) is 4.30. The van der Waals surface area contributed by atoms with Gasteiger partial charge in [-0.1, -0.05) is 0 Å². The molecule has 1 aromatic carbocycles. The number of aliphatic hydroxyl groups is 1. The van der Waals surface area contributed by atoms with E-state index in [0.717, 1.165) is 10.3 Å². The highest BCUT2D eigenvalue weighted by molar-refractivity contribution is 9.10. The molecule has 6 heteroatoms. The number of benzene rings is 1. The zero-order valence-electron chi connectivity index (χ0n) is 10.7. The van der Waals surface area contributed by atoms with Crippen LogP contribution in [0.1, 0.15) is 5.69 Å². The SMILES string of the molecule is COc1ccc(F)cc1-c1nc(CCO)c(Br)n1C. The van der Waals surface area contributed by atoms with Crippen LogP contribution in [-0.2, 0) is 13.5 Å². The predicted octanol–water partition coefficient (Wildman–Crippen LogP) is 2.53. The average molecular weight is 329 g/mol. The molecule has 2 aromatic rings. The summed E-state index contributed by atoms with van der Waals surface area (Å²) < 4.78 is 21.2. The second kappa shape index (κ2) is 5.71. The van der Waals surface area contributed by atoms with Crippen molar-refractivity contribution >= 4 is 15.9 Å². The van der Waals surface area contributed by atoms with Gasteiger partial charge < -0.3 is 14.4 Å². The number of methoxy groups -OCH3 is 1. The molecule has 0 aliphatic heterocycles. The molecule has 1 heterocycles. The highest BCUT2D eigenvalue weighted by Gasteiger charge is 2.17. The maximum Gasteiger partial charge on any atom is 0.144 e. The number of nitrogens with zero attached hydrogens (tertiary/aromatic N) is 2. The molecule has 0 saturated carbocycles. The summed E-state index contributed by atoms with van der Waals surface area (Å²) in [4.78, 5) is 4.43. The molecule has 4 nitrogen and oxygen atoms in total. The van der Waals surface area contributed by atoms with Crippen molar-refractivity contribution < 1.29 is 14.2 Å². The van der Waals surface area contributed by atoms with Gasteiger partial charge in [0.05, 0.1) is 18.4 Å². The third-order valence-corrected chi connectivity index (χ3v) is 3.83. The van der Waals surface area contributed by atoms with Gasteiger partial charge in [-0.05, 0) is 34.1 Å². The topological polar surface area (TPSA) is 47.3 Å². The van der Waals surface area contributed by atoms with Gasteiger partial charge in [0.1, 0.15) is 22.0 Å². The molecule has 0 aliphatic rings. The van der Waals surface area contributed by atoms with Crippen molar-refractivity contribution in [3.05, 3.63) is 34.3 Å². The van der Waals surface area contributed by atoms with Gasteiger partial charge in [0.25, 0.3) is 0 Å². The van der Waals surface area contributed by atoms with Crippen LogP contribution in [0.3, 0.4) is 0 Å². The van der Waals surface area contributed by atoms with Gasteiger partial charge in [0.15, 0.2) is 0 Å². The molecule has 0 radical (unpaired) electrons. The van der Waals surface area contributed by atoms with Gasteiger partial charge in [-0.3, -0.25) is 0 Å². The van der Waals surface area contributed by atoms with E-state index in [1.54, 1.807) is 10.6 Å². The van der Waals surface area contributed by atoms with Crippen molar-refractivity contribution in [2.75, 3.05) is 13.7 Å². The van der Waals surface area contributed by atoms with Crippen molar-refractivity contribution in [1.29, 1.82) is 0 Å². The smallest absolute Gasteiger partial charge is 0.144 e. The molecule has 1 N–H and O–H groups in total. The number of halogens is 2. The molecule has 0 spiro atoms. The van der Waals surface area contributed by atoms with E-state index in [9.17, 15) is 4.39 Å². The van der Waals surface area contributed by atoms with E-state index in [-0.39, 0.29) is 12.4 Å². The van der Waals surface area contributed by atoms with Crippen LogP contribution in [0.25, 0.3) is 11.4 Å². The molecule has 1 aromatic heterocycles. The Bertz CT molecular complexity index is 599. The molecular weight excluding hydrogens is 315 g/mol. The van der Waals surface area contributed by atoms with E-state index >= 15 is 0 Å². The summed E-state index contributed by atoms with van der Waals surface area (Å²) in [7, 11) is 3.35. The maximum atomic E-state index is 13.4. The average Bonchev–Trinajstić information content (AvgIpc) is 2.67. The second-order valence-electron chi connectivity index (χ2n) is 4.05. The van der Waals surface area contributed by atoms with Crippen LogP contribution in [0.15, 0.2) is 22.8 Å². The number of imidazole rings is 1. The van der Waals surface area contributed by atoms with Gasteiger partial charge in [0, 0.05) is 20.1 Å². The molecule has 0 aliphatic carbocycles. The summed E-state index contributed by atoms with van der Waals surface area (Å²) in [5, 5.41) is 9.00. The fourth-order valence-electron chi connectivity index (χ4n) is 1.90. The largest absolute Gasteiger partial charge is 0.496 e. The highest BCUT2D eigenvalue weighted by Crippen LogP contribution is 2.32. The fourth-order valence-corrected chi connectivity index (χ4v) is 2.35. The monoisotopic (exact) mass is 328 g/mol. The van der Waals surface area contributed by atoms with Crippen molar-refractivity contribution in [3.8, 4) is 17.1 Å². The molecule has 2 rings (SSSR count). The summed E-state index contributed by atoms with van der Waals surface area (Å²) in [5.74, 6) is 0.794. The minimum absolute atomic E-state index is 0.00926. The highest BCUT2D eigenvalue weighted by atomic mass is 79.9. The molecule has 0 fully saturated rings. The second-order valence-corrected chi connectivity index (χ2v) is 4.80. The molecule has 19 heavy (non-hydrogen) atoms. The van der Waals surface area contributed by atoms with Crippen molar-refractivity contribution in [3.63, 3.8) is 0 Å². The fraction of sp³-hybridized carbons (Fsp3) is 0.308. The van der Waals surface area contributed by atoms with Gasteiger partial charge in [-0.25, -0.2) is 9.37 Å². The number of aliphatic hydroxyl groups excluding tert-OH is 1. The number of hydrogen-bond acceptors (Lipinski definition) is 3. The lowest BCUT2D eigenvalue weighted by molar-refractivity contribution is 0.298. The number of aromatic nitrogens is 2. The molecular formula is C13H14BrFN2O2. The van der Waals surface area contributed by atoms with Gasteiger partial charge in [-0.2, -0.15) is 0 Å². The van der Waals surface area contributed by atoms with Crippen molar-refractivity contribution in [2.45, 2.75) is 6.42 Å². The molecule has 0 unspecified atom stereocenters. The Labute approximate surface area is 119 Å². The maximum absolute atomic E-state index is 13.4. The van der Waals surface area contributed by atoms with Crippen LogP contribution < -0.4 is 4.74 Å². The van der Waals surface area contributed by atoms with E-state index < -0.39 is 0 Å². The lowest BCUT2D eigenvalue weighted by atomic mass is 10.2. The Kier molecular flexibility index (Phi) is 4.21. The Hall–Kier alpha value is -1.40. The Morgan fingerprint density at radius 1 is 1.47 bits per heavy atom. The molecule has 102 valence electrons. The van der Waals surface area contributed by atoms with Crippen molar-refractivity contribution in [1.82, 2.24) is 9.55 Å². The van der Waals surface area contributed by atoms with E-state index in [0.29, 0.717) is 23.6 Å². The molecule has 0 amide bonds. The zero-order chi connectivity index (χ0) is 14.0. The number of hydrogen-bond donors (Lipinski definition) is 1. The quantitative estimate of drug-likeness (QED) is 0.938. The van der Waals surface area contributed by atoms with E-state index in [2.05, 4.69) is 20.9 Å². The Morgan fingerprint density at radius 3 is 2.84 bits per heavy atom. The van der Waals surface area contributed by atoms with E-state index in [4.69, 9.17) is 9.84 Å².